The van der Waals surface area contributed by atoms with Crippen LogP contribution < -0.4 is 10.1 Å². The Balaban J connectivity index is 2.65. The Kier molecular flexibility index (Phi) is 4.31. The molecule has 2 N–H and O–H groups in total. The van der Waals surface area contributed by atoms with Crippen molar-refractivity contribution in [3.8, 4) is 5.75 Å². The van der Waals surface area contributed by atoms with Crippen LogP contribution in [0, 0.1) is 0 Å². The number of methoxy groups -OCH3 is 1. The number of hydrogen-bond acceptors (Lipinski definition) is 3. The van der Waals surface area contributed by atoms with Gasteiger partial charge in [-0.2, -0.15) is 0 Å². The summed E-state index contributed by atoms with van der Waals surface area (Å²) in [6.45, 7) is 3.56. The minimum absolute atomic E-state index is 0.00277. The quantitative estimate of drug-likeness (QED) is 0.799. The highest BCUT2D eigenvalue weighted by atomic mass is 16.5. The summed E-state index contributed by atoms with van der Waals surface area (Å²) in [6, 6.07) is 7.00. The summed E-state index contributed by atoms with van der Waals surface area (Å²) in [5.74, 6) is -0.0532. The molecule has 1 aromatic rings. The number of nitrogens with one attached hydrogen (secondary N) is 1. The molecule has 16 heavy (non-hydrogen) atoms. The van der Waals surface area contributed by atoms with Gasteiger partial charge in [-0.25, -0.2) is 0 Å². The topological polar surface area (TPSA) is 58.6 Å². The smallest absolute Gasteiger partial charge is 0.320 e. The van der Waals surface area contributed by atoms with Crippen LogP contribution in [-0.4, -0.2) is 24.2 Å². The van der Waals surface area contributed by atoms with Gasteiger partial charge in [-0.3, -0.25) is 10.1 Å². The van der Waals surface area contributed by atoms with Gasteiger partial charge in [0.25, 0.3) is 0 Å². The van der Waals surface area contributed by atoms with Crippen LogP contribution >= 0.6 is 0 Å². The van der Waals surface area contributed by atoms with E-state index in [0.29, 0.717) is 0 Å². The summed E-state index contributed by atoms with van der Waals surface area (Å²) >= 11 is 0. The van der Waals surface area contributed by atoms with E-state index in [1.165, 1.54) is 0 Å². The number of hydrogen-bond donors (Lipinski definition) is 2. The maximum absolute atomic E-state index is 10.7. The van der Waals surface area contributed by atoms with Crippen molar-refractivity contribution in [3.05, 3.63) is 29.8 Å². The lowest BCUT2D eigenvalue weighted by Gasteiger charge is -2.17. The molecule has 0 unspecified atom stereocenters. The Morgan fingerprint density at radius 3 is 2.31 bits per heavy atom. The van der Waals surface area contributed by atoms with Crippen LogP contribution in [0.25, 0.3) is 0 Å². The van der Waals surface area contributed by atoms with Crippen molar-refractivity contribution < 1.29 is 14.6 Å². The fourth-order valence-corrected chi connectivity index (χ4v) is 1.44. The predicted octanol–water partition coefficient (Wildman–Crippen LogP) is 1.82. The minimum atomic E-state index is -0.847. The summed E-state index contributed by atoms with van der Waals surface area (Å²) in [5.41, 5.74) is 1.04. The molecule has 0 spiro atoms. The molecule has 0 radical (unpaired) electrons. The number of carboxylic acids is 1. The summed E-state index contributed by atoms with van der Waals surface area (Å²) in [7, 11) is 1.61. The lowest BCUT2D eigenvalue weighted by Crippen LogP contribution is -2.35. The second-order valence-electron chi connectivity index (χ2n) is 3.72. The second kappa shape index (κ2) is 5.51. The zero-order valence-corrected chi connectivity index (χ0v) is 9.73. The van der Waals surface area contributed by atoms with E-state index in [9.17, 15) is 4.79 Å². The fraction of sp³-hybridized carbons (Fsp3) is 0.417. The average molecular weight is 223 g/mol. The van der Waals surface area contributed by atoms with Crippen LogP contribution in [0.4, 0.5) is 0 Å². The van der Waals surface area contributed by atoms with E-state index in [1.54, 1.807) is 14.0 Å². The van der Waals surface area contributed by atoms with Gasteiger partial charge >= 0.3 is 5.97 Å². The standard InChI is InChI=1S/C12H17NO3/c1-8(13-9(2)12(14)15)10-4-6-11(16-3)7-5-10/h4-9,13H,1-3H3,(H,14,15)/t8-,9+/m1/s1. The van der Waals surface area contributed by atoms with Crippen molar-refractivity contribution in [3.63, 3.8) is 0 Å². The van der Waals surface area contributed by atoms with Crippen molar-refractivity contribution in [2.24, 2.45) is 0 Å². The maximum Gasteiger partial charge on any atom is 0.320 e. The predicted molar refractivity (Wildman–Crippen MR) is 61.6 cm³/mol. The highest BCUT2D eigenvalue weighted by molar-refractivity contribution is 5.72. The van der Waals surface area contributed by atoms with Gasteiger partial charge in [0, 0.05) is 6.04 Å². The monoisotopic (exact) mass is 223 g/mol. The number of aliphatic carboxylic acids is 1. The van der Waals surface area contributed by atoms with Gasteiger partial charge in [-0.1, -0.05) is 12.1 Å². The van der Waals surface area contributed by atoms with Gasteiger partial charge in [0.1, 0.15) is 11.8 Å². The molecule has 0 amide bonds. The third-order valence-electron chi connectivity index (χ3n) is 2.49. The molecule has 0 saturated carbocycles. The molecule has 4 nitrogen and oxygen atoms in total. The summed E-state index contributed by atoms with van der Waals surface area (Å²) in [4.78, 5) is 10.7. The first-order valence-corrected chi connectivity index (χ1v) is 5.17. The Morgan fingerprint density at radius 1 is 1.31 bits per heavy atom. The molecule has 4 heteroatoms. The maximum atomic E-state index is 10.7. The molecular formula is C12H17NO3. The van der Waals surface area contributed by atoms with Crippen molar-refractivity contribution in [1.29, 1.82) is 0 Å². The van der Waals surface area contributed by atoms with Crippen molar-refractivity contribution in [2.75, 3.05) is 7.11 Å². The van der Waals surface area contributed by atoms with Crippen LogP contribution in [0.1, 0.15) is 25.5 Å². The number of rotatable bonds is 5. The molecule has 0 aromatic heterocycles. The molecule has 0 aliphatic rings. The van der Waals surface area contributed by atoms with Crippen molar-refractivity contribution in [1.82, 2.24) is 5.32 Å². The third-order valence-corrected chi connectivity index (χ3v) is 2.49. The molecule has 1 rings (SSSR count). The normalized spacial score (nSPS) is 14.2. The molecule has 0 heterocycles. The lowest BCUT2D eigenvalue weighted by atomic mass is 10.1. The highest BCUT2D eigenvalue weighted by Gasteiger charge is 2.14. The molecule has 0 aliphatic carbocycles. The van der Waals surface area contributed by atoms with E-state index in [-0.39, 0.29) is 6.04 Å². The van der Waals surface area contributed by atoms with Crippen LogP contribution in [0.5, 0.6) is 5.75 Å². The number of benzene rings is 1. The fourth-order valence-electron chi connectivity index (χ4n) is 1.44. The van der Waals surface area contributed by atoms with E-state index >= 15 is 0 Å². The van der Waals surface area contributed by atoms with E-state index in [0.717, 1.165) is 11.3 Å². The van der Waals surface area contributed by atoms with Crippen LogP contribution in [0.2, 0.25) is 0 Å². The molecule has 0 fully saturated rings. The molecule has 0 aliphatic heterocycles. The largest absolute Gasteiger partial charge is 0.497 e. The summed E-state index contributed by atoms with van der Waals surface area (Å²) in [5, 5.41) is 11.8. The molecule has 88 valence electrons. The Bertz CT molecular complexity index is 348. The van der Waals surface area contributed by atoms with E-state index < -0.39 is 12.0 Å². The molecule has 0 saturated heterocycles. The van der Waals surface area contributed by atoms with E-state index in [1.807, 2.05) is 31.2 Å². The second-order valence-corrected chi connectivity index (χ2v) is 3.72. The molecule has 2 atom stereocenters. The van der Waals surface area contributed by atoms with Crippen LogP contribution in [0.15, 0.2) is 24.3 Å². The van der Waals surface area contributed by atoms with Gasteiger partial charge in [0.2, 0.25) is 0 Å². The summed E-state index contributed by atoms with van der Waals surface area (Å²) in [6.07, 6.45) is 0. The molecule has 0 bridgehead atoms. The Hall–Kier alpha value is -1.55. The number of ether oxygens (including phenoxy) is 1. The van der Waals surface area contributed by atoms with Crippen LogP contribution in [0.3, 0.4) is 0 Å². The van der Waals surface area contributed by atoms with E-state index in [2.05, 4.69) is 5.32 Å². The zero-order chi connectivity index (χ0) is 12.1. The van der Waals surface area contributed by atoms with E-state index in [4.69, 9.17) is 9.84 Å². The first-order valence-electron chi connectivity index (χ1n) is 5.17. The zero-order valence-electron chi connectivity index (χ0n) is 9.73. The number of carbonyl (C=O) groups is 1. The first kappa shape index (κ1) is 12.5. The minimum Gasteiger partial charge on any atom is -0.497 e. The molecular weight excluding hydrogens is 206 g/mol. The first-order chi connectivity index (χ1) is 7.54. The van der Waals surface area contributed by atoms with Gasteiger partial charge < -0.3 is 9.84 Å². The highest BCUT2D eigenvalue weighted by Crippen LogP contribution is 2.17. The van der Waals surface area contributed by atoms with Gasteiger partial charge in [-0.15, -0.1) is 0 Å². The van der Waals surface area contributed by atoms with Gasteiger partial charge in [-0.05, 0) is 31.5 Å². The summed E-state index contributed by atoms with van der Waals surface area (Å²) < 4.78 is 5.05. The van der Waals surface area contributed by atoms with Crippen LogP contribution in [-0.2, 0) is 4.79 Å². The van der Waals surface area contributed by atoms with Crippen molar-refractivity contribution >= 4 is 5.97 Å². The average Bonchev–Trinajstić information content (AvgIpc) is 2.28. The Morgan fingerprint density at radius 2 is 1.88 bits per heavy atom. The third kappa shape index (κ3) is 3.24. The SMILES string of the molecule is COc1ccc([C@@H](C)N[C@@H](C)C(=O)O)cc1. The van der Waals surface area contributed by atoms with Gasteiger partial charge in [0.15, 0.2) is 0 Å². The van der Waals surface area contributed by atoms with Crippen molar-refractivity contribution in [2.45, 2.75) is 25.9 Å². The lowest BCUT2D eigenvalue weighted by molar-refractivity contribution is -0.139. The number of carboxylic acid groups (broad SMARTS) is 1. The molecule has 1 aromatic carbocycles. The Labute approximate surface area is 95.2 Å². The van der Waals surface area contributed by atoms with Gasteiger partial charge in [0.05, 0.1) is 7.11 Å².